The van der Waals surface area contributed by atoms with Crippen LogP contribution in [0.25, 0.3) is 11.4 Å². The van der Waals surface area contributed by atoms with Crippen molar-refractivity contribution in [2.75, 3.05) is 26.2 Å². The van der Waals surface area contributed by atoms with Gasteiger partial charge in [-0.25, -0.2) is 13.6 Å². The van der Waals surface area contributed by atoms with Crippen molar-refractivity contribution in [2.45, 2.75) is 26.4 Å². The fourth-order valence-corrected chi connectivity index (χ4v) is 3.70. The minimum absolute atomic E-state index is 0.0634. The summed E-state index contributed by atoms with van der Waals surface area (Å²) in [5.74, 6) is -0.239. The van der Waals surface area contributed by atoms with Crippen LogP contribution in [-0.4, -0.2) is 52.2 Å². The van der Waals surface area contributed by atoms with Gasteiger partial charge in [-0.1, -0.05) is 35.0 Å². The number of carbonyl (C=O) groups is 1. The molecule has 2 heterocycles. The molecule has 3 aromatic rings. The summed E-state index contributed by atoms with van der Waals surface area (Å²) in [6, 6.07) is 10.8. The van der Waals surface area contributed by atoms with Crippen LogP contribution in [0.15, 0.2) is 47.0 Å². The SMILES string of the molecule is Cc1ccc(-c2noc(C(C)N3CCN(C(=O)NCc4cc(F)cc(F)c4)CC3)n2)cc1. The highest BCUT2D eigenvalue weighted by molar-refractivity contribution is 5.74. The largest absolute Gasteiger partial charge is 0.337 e. The number of piperazine rings is 1. The molecule has 0 spiro atoms. The summed E-state index contributed by atoms with van der Waals surface area (Å²) >= 11 is 0. The van der Waals surface area contributed by atoms with Gasteiger partial charge < -0.3 is 14.7 Å². The van der Waals surface area contributed by atoms with Crippen LogP contribution in [0.3, 0.4) is 0 Å². The highest BCUT2D eigenvalue weighted by atomic mass is 19.1. The first-order chi connectivity index (χ1) is 15.4. The molecule has 1 atom stereocenters. The van der Waals surface area contributed by atoms with Crippen LogP contribution in [0.5, 0.6) is 0 Å². The molecule has 4 rings (SSSR count). The first-order valence-corrected chi connectivity index (χ1v) is 10.5. The Kier molecular flexibility index (Phi) is 6.45. The molecule has 1 fully saturated rings. The lowest BCUT2D eigenvalue weighted by Crippen LogP contribution is -2.52. The van der Waals surface area contributed by atoms with Crippen LogP contribution < -0.4 is 5.32 Å². The van der Waals surface area contributed by atoms with E-state index in [2.05, 4.69) is 20.4 Å². The molecule has 0 aliphatic carbocycles. The molecule has 168 valence electrons. The Bertz CT molecular complexity index is 1060. The Labute approximate surface area is 185 Å². The van der Waals surface area contributed by atoms with Crippen molar-refractivity contribution in [3.8, 4) is 11.4 Å². The number of hydrogen-bond donors (Lipinski definition) is 1. The first-order valence-electron chi connectivity index (χ1n) is 10.5. The standard InChI is InChI=1S/C23H25F2N5O2/c1-15-3-5-18(6-4-15)21-27-22(32-28-21)16(2)29-7-9-30(10-8-29)23(31)26-14-17-11-19(24)13-20(25)12-17/h3-6,11-13,16H,7-10,14H2,1-2H3,(H,26,31). The topological polar surface area (TPSA) is 74.5 Å². The summed E-state index contributed by atoms with van der Waals surface area (Å²) in [6.45, 7) is 6.42. The molecule has 0 radical (unpaired) electrons. The Hall–Kier alpha value is -3.33. The first kappa shape index (κ1) is 21.9. The zero-order chi connectivity index (χ0) is 22.7. The van der Waals surface area contributed by atoms with Gasteiger partial charge in [-0.05, 0) is 31.5 Å². The van der Waals surface area contributed by atoms with Gasteiger partial charge >= 0.3 is 6.03 Å². The number of halogens is 2. The van der Waals surface area contributed by atoms with E-state index in [1.54, 1.807) is 4.90 Å². The zero-order valence-corrected chi connectivity index (χ0v) is 18.0. The summed E-state index contributed by atoms with van der Waals surface area (Å²) in [5, 5.41) is 6.82. The van der Waals surface area contributed by atoms with Crippen LogP contribution in [0.1, 0.15) is 30.0 Å². The summed E-state index contributed by atoms with van der Waals surface area (Å²) in [7, 11) is 0. The van der Waals surface area contributed by atoms with E-state index in [9.17, 15) is 13.6 Å². The molecule has 2 aromatic carbocycles. The minimum atomic E-state index is -0.664. The van der Waals surface area contributed by atoms with E-state index in [-0.39, 0.29) is 18.6 Å². The van der Waals surface area contributed by atoms with E-state index in [4.69, 9.17) is 4.52 Å². The number of benzene rings is 2. The summed E-state index contributed by atoms with van der Waals surface area (Å²) in [4.78, 5) is 20.8. The van der Waals surface area contributed by atoms with Crippen molar-refractivity contribution in [1.82, 2.24) is 25.3 Å². The van der Waals surface area contributed by atoms with Gasteiger partial charge in [0.05, 0.1) is 6.04 Å². The molecule has 1 N–H and O–H groups in total. The van der Waals surface area contributed by atoms with Gasteiger partial charge in [0.1, 0.15) is 11.6 Å². The number of urea groups is 1. The van der Waals surface area contributed by atoms with E-state index < -0.39 is 11.6 Å². The predicted molar refractivity (Wildman–Crippen MR) is 115 cm³/mol. The smallest absolute Gasteiger partial charge is 0.317 e. The van der Waals surface area contributed by atoms with Gasteiger partial charge in [-0.15, -0.1) is 0 Å². The molecule has 1 saturated heterocycles. The van der Waals surface area contributed by atoms with E-state index in [0.29, 0.717) is 43.5 Å². The Morgan fingerprint density at radius 1 is 1.09 bits per heavy atom. The monoisotopic (exact) mass is 441 g/mol. The second-order valence-electron chi connectivity index (χ2n) is 7.96. The van der Waals surface area contributed by atoms with Gasteiger partial charge in [-0.3, -0.25) is 4.90 Å². The number of nitrogens with one attached hydrogen (secondary N) is 1. The molecular weight excluding hydrogens is 416 g/mol. The van der Waals surface area contributed by atoms with Gasteiger partial charge in [0.25, 0.3) is 0 Å². The van der Waals surface area contributed by atoms with Crippen LogP contribution in [0.2, 0.25) is 0 Å². The molecule has 1 unspecified atom stereocenters. The average molecular weight is 441 g/mol. The normalized spacial score (nSPS) is 15.6. The summed E-state index contributed by atoms with van der Waals surface area (Å²) in [5.41, 5.74) is 2.44. The second kappa shape index (κ2) is 9.44. The number of carbonyl (C=O) groups excluding carboxylic acids is 1. The average Bonchev–Trinajstić information content (AvgIpc) is 3.27. The highest BCUT2D eigenvalue weighted by Crippen LogP contribution is 2.23. The van der Waals surface area contributed by atoms with Crippen LogP contribution in [0.4, 0.5) is 13.6 Å². The zero-order valence-electron chi connectivity index (χ0n) is 18.0. The third kappa shape index (κ3) is 5.11. The number of nitrogens with zero attached hydrogens (tertiary/aromatic N) is 4. The van der Waals surface area contributed by atoms with Gasteiger partial charge in [-0.2, -0.15) is 4.98 Å². The van der Waals surface area contributed by atoms with Crippen molar-refractivity contribution >= 4 is 6.03 Å². The maximum Gasteiger partial charge on any atom is 0.317 e. The van der Waals surface area contributed by atoms with Gasteiger partial charge in [0.15, 0.2) is 0 Å². The van der Waals surface area contributed by atoms with E-state index in [0.717, 1.165) is 17.2 Å². The third-order valence-corrected chi connectivity index (χ3v) is 5.62. The number of aryl methyl sites for hydroxylation is 1. The minimum Gasteiger partial charge on any atom is -0.337 e. The highest BCUT2D eigenvalue weighted by Gasteiger charge is 2.27. The molecule has 0 saturated carbocycles. The number of hydrogen-bond acceptors (Lipinski definition) is 5. The fraction of sp³-hybridized carbons (Fsp3) is 0.348. The number of aromatic nitrogens is 2. The second-order valence-corrected chi connectivity index (χ2v) is 7.96. The van der Waals surface area contributed by atoms with Crippen molar-refractivity contribution in [1.29, 1.82) is 0 Å². The van der Waals surface area contributed by atoms with Gasteiger partial charge in [0.2, 0.25) is 11.7 Å². The molecule has 1 aliphatic heterocycles. The van der Waals surface area contributed by atoms with E-state index in [1.165, 1.54) is 12.1 Å². The molecule has 7 nitrogen and oxygen atoms in total. The van der Waals surface area contributed by atoms with Crippen LogP contribution >= 0.6 is 0 Å². The Morgan fingerprint density at radius 2 is 1.75 bits per heavy atom. The lowest BCUT2D eigenvalue weighted by atomic mass is 10.1. The van der Waals surface area contributed by atoms with Crippen LogP contribution in [0, 0.1) is 18.6 Å². The third-order valence-electron chi connectivity index (χ3n) is 5.62. The van der Waals surface area contributed by atoms with Crippen LogP contribution in [-0.2, 0) is 6.54 Å². The Balaban J connectivity index is 1.29. The maximum atomic E-state index is 13.3. The number of rotatable bonds is 5. The molecule has 1 aromatic heterocycles. The lowest BCUT2D eigenvalue weighted by Gasteiger charge is -2.36. The molecule has 0 bridgehead atoms. The van der Waals surface area contributed by atoms with Crippen molar-refractivity contribution < 1.29 is 18.1 Å². The summed E-state index contributed by atoms with van der Waals surface area (Å²) < 4.78 is 32.1. The molecule has 9 heteroatoms. The maximum absolute atomic E-state index is 13.3. The Morgan fingerprint density at radius 3 is 2.41 bits per heavy atom. The van der Waals surface area contributed by atoms with Crippen molar-refractivity contribution in [2.24, 2.45) is 0 Å². The van der Waals surface area contributed by atoms with Gasteiger partial charge in [0, 0.05) is 44.4 Å². The van der Waals surface area contributed by atoms with E-state index in [1.807, 2.05) is 38.1 Å². The van der Waals surface area contributed by atoms with Crippen molar-refractivity contribution in [3.63, 3.8) is 0 Å². The molecule has 1 aliphatic rings. The van der Waals surface area contributed by atoms with E-state index >= 15 is 0 Å². The molecule has 2 amide bonds. The number of amides is 2. The predicted octanol–water partition coefficient (Wildman–Crippen LogP) is 3.91. The quantitative estimate of drug-likeness (QED) is 0.650. The fourth-order valence-electron chi connectivity index (χ4n) is 3.70. The lowest BCUT2D eigenvalue weighted by molar-refractivity contribution is 0.0999. The van der Waals surface area contributed by atoms with Crippen molar-refractivity contribution in [3.05, 3.63) is 71.1 Å². The molecular formula is C23H25F2N5O2. The molecule has 32 heavy (non-hydrogen) atoms. The summed E-state index contributed by atoms with van der Waals surface area (Å²) in [6.07, 6.45) is 0.